The van der Waals surface area contributed by atoms with Crippen LogP contribution in [0.4, 0.5) is 0 Å². The number of hydrogen-bond donors (Lipinski definition) is 1. The van der Waals surface area contributed by atoms with Gasteiger partial charge in [-0.25, -0.2) is 0 Å². The van der Waals surface area contributed by atoms with Gasteiger partial charge >= 0.3 is 5.97 Å². The Morgan fingerprint density at radius 3 is 3.00 bits per heavy atom. The van der Waals surface area contributed by atoms with E-state index in [-0.39, 0.29) is 11.9 Å². The van der Waals surface area contributed by atoms with Crippen LogP contribution in [-0.4, -0.2) is 25.0 Å². The van der Waals surface area contributed by atoms with Crippen LogP contribution < -0.4 is 5.32 Å². The van der Waals surface area contributed by atoms with E-state index in [4.69, 9.17) is 4.74 Å². The molecular formula is C7H11NO3. The van der Waals surface area contributed by atoms with Crippen LogP contribution in [0.1, 0.15) is 19.3 Å². The first-order chi connectivity index (χ1) is 5.24. The number of carbonyl (C=O) groups excluding carboxylic acids is 2. The van der Waals surface area contributed by atoms with Crippen LogP contribution in [0.2, 0.25) is 0 Å². The molecule has 1 rings (SSSR count). The molecule has 0 aromatic carbocycles. The molecule has 1 atom stereocenters. The molecule has 0 aliphatic carbocycles. The third-order valence-corrected chi connectivity index (χ3v) is 1.66. The summed E-state index contributed by atoms with van der Waals surface area (Å²) in [6, 6.07) is 0. The van der Waals surface area contributed by atoms with Crippen LogP contribution in [0.5, 0.6) is 0 Å². The molecule has 0 spiro atoms. The summed E-state index contributed by atoms with van der Waals surface area (Å²) < 4.78 is 4.79. The topological polar surface area (TPSA) is 55.4 Å². The van der Waals surface area contributed by atoms with Gasteiger partial charge < -0.3 is 10.1 Å². The summed E-state index contributed by atoms with van der Waals surface area (Å²) >= 11 is 0. The number of ether oxygens (including phenoxy) is 1. The number of amides is 1. The van der Waals surface area contributed by atoms with Gasteiger partial charge in [-0.3, -0.25) is 9.59 Å². The van der Waals surface area contributed by atoms with Crippen molar-refractivity contribution in [3.63, 3.8) is 0 Å². The Morgan fingerprint density at radius 1 is 1.73 bits per heavy atom. The van der Waals surface area contributed by atoms with Crippen LogP contribution >= 0.6 is 0 Å². The molecule has 1 saturated heterocycles. The number of esters is 1. The maximum Gasteiger partial charge on any atom is 0.306 e. The average molecular weight is 157 g/mol. The van der Waals surface area contributed by atoms with Crippen molar-refractivity contribution in [3.05, 3.63) is 0 Å². The van der Waals surface area contributed by atoms with Crippen molar-refractivity contribution < 1.29 is 14.3 Å². The first kappa shape index (κ1) is 8.04. The largest absolute Gasteiger partial charge is 0.452 e. The highest BCUT2D eigenvalue weighted by atomic mass is 16.5. The van der Waals surface area contributed by atoms with Gasteiger partial charge in [-0.15, -0.1) is 0 Å². The van der Waals surface area contributed by atoms with Crippen molar-refractivity contribution in [2.24, 2.45) is 0 Å². The molecule has 1 unspecified atom stereocenters. The fraction of sp³-hybridized carbons (Fsp3) is 0.714. The van der Waals surface area contributed by atoms with Crippen LogP contribution in [0, 0.1) is 0 Å². The molecule has 4 heteroatoms. The molecule has 1 aliphatic rings. The zero-order chi connectivity index (χ0) is 8.27. The fourth-order valence-electron chi connectivity index (χ4n) is 1.05. The molecule has 0 aromatic heterocycles. The Balaban J connectivity index is 2.45. The van der Waals surface area contributed by atoms with Gasteiger partial charge in [0.2, 0.25) is 0 Å². The molecule has 0 bridgehead atoms. The Kier molecular flexibility index (Phi) is 2.46. The second kappa shape index (κ2) is 3.37. The van der Waals surface area contributed by atoms with Gasteiger partial charge in [-0.05, 0) is 12.8 Å². The molecule has 1 N–H and O–H groups in total. The van der Waals surface area contributed by atoms with Gasteiger partial charge in [-0.1, -0.05) is 0 Å². The first-order valence-electron chi connectivity index (χ1n) is 3.65. The molecule has 0 radical (unpaired) electrons. The lowest BCUT2D eigenvalue weighted by Gasteiger charge is -2.20. The highest BCUT2D eigenvalue weighted by Gasteiger charge is 2.25. The van der Waals surface area contributed by atoms with E-state index in [2.05, 4.69) is 5.32 Å². The normalized spacial score (nSPS) is 24.1. The van der Waals surface area contributed by atoms with Crippen molar-refractivity contribution in [2.75, 3.05) is 7.05 Å². The van der Waals surface area contributed by atoms with E-state index in [1.807, 2.05) is 0 Å². The minimum absolute atomic E-state index is 0.210. The highest BCUT2D eigenvalue weighted by Crippen LogP contribution is 2.13. The molecule has 1 fully saturated rings. The zero-order valence-electron chi connectivity index (χ0n) is 6.42. The maximum absolute atomic E-state index is 10.9. The second-order valence-electron chi connectivity index (χ2n) is 2.48. The zero-order valence-corrected chi connectivity index (χ0v) is 6.42. The third kappa shape index (κ3) is 1.93. The van der Waals surface area contributed by atoms with E-state index in [1.165, 1.54) is 7.05 Å². The number of nitrogens with one attached hydrogen (secondary N) is 1. The Hall–Kier alpha value is -1.06. The van der Waals surface area contributed by atoms with Crippen LogP contribution in [0.3, 0.4) is 0 Å². The monoisotopic (exact) mass is 157 g/mol. The van der Waals surface area contributed by atoms with Crippen LogP contribution in [0.15, 0.2) is 0 Å². The summed E-state index contributed by atoms with van der Waals surface area (Å²) in [4.78, 5) is 21.6. The predicted octanol–water partition coefficient (Wildman–Crippen LogP) is -0.172. The molecule has 1 aliphatic heterocycles. The van der Waals surface area contributed by atoms with Gasteiger partial charge in [0.1, 0.15) is 0 Å². The lowest BCUT2D eigenvalue weighted by Crippen LogP contribution is -2.37. The maximum atomic E-state index is 10.9. The van der Waals surface area contributed by atoms with Gasteiger partial charge in [0.15, 0.2) is 6.10 Å². The summed E-state index contributed by atoms with van der Waals surface area (Å²) in [6.45, 7) is 0. The molecule has 11 heavy (non-hydrogen) atoms. The number of likely N-dealkylation sites (N-methyl/N-ethyl adjacent to an activating group) is 1. The standard InChI is InChI=1S/C7H11NO3/c1-8-7(10)5-3-2-4-6(9)11-5/h5H,2-4H2,1H3,(H,8,10). The molecule has 0 aromatic rings. The Bertz CT molecular complexity index is 179. The minimum Gasteiger partial charge on any atom is -0.452 e. The molecule has 62 valence electrons. The fourth-order valence-corrected chi connectivity index (χ4v) is 1.05. The Labute approximate surface area is 64.9 Å². The van der Waals surface area contributed by atoms with Crippen molar-refractivity contribution in [3.8, 4) is 0 Å². The van der Waals surface area contributed by atoms with Gasteiger partial charge in [0, 0.05) is 13.5 Å². The second-order valence-corrected chi connectivity index (χ2v) is 2.48. The van der Waals surface area contributed by atoms with E-state index < -0.39 is 6.10 Å². The third-order valence-electron chi connectivity index (χ3n) is 1.66. The molecule has 0 saturated carbocycles. The number of carbonyl (C=O) groups is 2. The summed E-state index contributed by atoms with van der Waals surface area (Å²) in [7, 11) is 1.53. The van der Waals surface area contributed by atoms with E-state index >= 15 is 0 Å². The predicted molar refractivity (Wildman–Crippen MR) is 37.8 cm³/mol. The SMILES string of the molecule is CNC(=O)C1CCCC(=O)O1. The van der Waals surface area contributed by atoms with Gasteiger partial charge in [0.05, 0.1) is 0 Å². The lowest BCUT2D eigenvalue weighted by molar-refractivity contribution is -0.160. The smallest absolute Gasteiger partial charge is 0.306 e. The van der Waals surface area contributed by atoms with Crippen LogP contribution in [-0.2, 0) is 14.3 Å². The molecule has 1 amide bonds. The lowest BCUT2D eigenvalue weighted by atomic mass is 10.1. The van der Waals surface area contributed by atoms with Crippen LogP contribution in [0.25, 0.3) is 0 Å². The van der Waals surface area contributed by atoms with E-state index in [0.717, 1.165) is 6.42 Å². The number of hydrogen-bond acceptors (Lipinski definition) is 3. The van der Waals surface area contributed by atoms with Gasteiger partial charge in [-0.2, -0.15) is 0 Å². The number of rotatable bonds is 1. The van der Waals surface area contributed by atoms with E-state index in [1.54, 1.807) is 0 Å². The molecular weight excluding hydrogens is 146 g/mol. The quantitative estimate of drug-likeness (QED) is 0.537. The molecule has 1 heterocycles. The Morgan fingerprint density at radius 2 is 2.45 bits per heavy atom. The summed E-state index contributed by atoms with van der Waals surface area (Å²) in [5.41, 5.74) is 0. The summed E-state index contributed by atoms with van der Waals surface area (Å²) in [5, 5.41) is 2.44. The van der Waals surface area contributed by atoms with Crippen molar-refractivity contribution in [1.29, 1.82) is 0 Å². The van der Waals surface area contributed by atoms with Gasteiger partial charge in [0.25, 0.3) is 5.91 Å². The average Bonchev–Trinajstić information content (AvgIpc) is 2.03. The van der Waals surface area contributed by atoms with E-state index in [0.29, 0.717) is 12.8 Å². The van der Waals surface area contributed by atoms with Crippen molar-refractivity contribution in [2.45, 2.75) is 25.4 Å². The summed E-state index contributed by atoms with van der Waals surface area (Å²) in [6.07, 6.45) is 1.27. The first-order valence-corrected chi connectivity index (χ1v) is 3.65. The molecule has 4 nitrogen and oxygen atoms in total. The van der Waals surface area contributed by atoms with Crippen molar-refractivity contribution in [1.82, 2.24) is 5.32 Å². The summed E-state index contributed by atoms with van der Waals surface area (Å²) in [5.74, 6) is -0.483. The minimum atomic E-state index is -0.554. The van der Waals surface area contributed by atoms with E-state index in [9.17, 15) is 9.59 Å². The number of cyclic esters (lactones) is 1. The highest BCUT2D eigenvalue weighted by molar-refractivity contribution is 5.84. The van der Waals surface area contributed by atoms with Crippen molar-refractivity contribution >= 4 is 11.9 Å².